The van der Waals surface area contributed by atoms with Crippen molar-refractivity contribution in [2.45, 2.75) is 81.1 Å². The first-order valence-corrected chi connectivity index (χ1v) is 12.6. The zero-order valence-electron chi connectivity index (χ0n) is 22.2. The Morgan fingerprint density at radius 3 is 1.24 bits per heavy atom. The summed E-state index contributed by atoms with van der Waals surface area (Å²) in [6.45, 7) is 17.2. The molecule has 0 aliphatic heterocycles. The molecule has 1 aromatic heterocycles. The number of hydrogen-bond acceptors (Lipinski definition) is 3. The molecule has 0 saturated carbocycles. The van der Waals surface area contributed by atoms with Crippen LogP contribution in [0.2, 0.25) is 0 Å². The van der Waals surface area contributed by atoms with Crippen molar-refractivity contribution in [2.24, 2.45) is 9.98 Å². The summed E-state index contributed by atoms with van der Waals surface area (Å²) >= 11 is 0. The molecule has 0 atom stereocenters. The van der Waals surface area contributed by atoms with E-state index in [0.29, 0.717) is 0 Å². The van der Waals surface area contributed by atoms with E-state index in [1.54, 1.807) is 0 Å². The number of rotatable bonds is 8. The van der Waals surface area contributed by atoms with Gasteiger partial charge in [0.1, 0.15) is 0 Å². The molecular formula is C31H39N3. The Balaban J connectivity index is 2.04. The Morgan fingerprint density at radius 2 is 0.941 bits per heavy atom. The zero-order chi connectivity index (χ0) is 24.8. The fourth-order valence-electron chi connectivity index (χ4n) is 4.52. The van der Waals surface area contributed by atoms with E-state index in [4.69, 9.17) is 15.0 Å². The van der Waals surface area contributed by atoms with E-state index in [1.165, 1.54) is 33.4 Å². The van der Waals surface area contributed by atoms with Gasteiger partial charge in [0.25, 0.3) is 0 Å². The molecule has 3 heteroatoms. The van der Waals surface area contributed by atoms with Gasteiger partial charge in [0.15, 0.2) is 0 Å². The lowest BCUT2D eigenvalue weighted by Crippen LogP contribution is -2.06. The summed E-state index contributed by atoms with van der Waals surface area (Å²) in [7, 11) is 0. The van der Waals surface area contributed by atoms with Crippen LogP contribution in [0.4, 0.5) is 11.4 Å². The predicted molar refractivity (Wildman–Crippen MR) is 148 cm³/mol. The normalized spacial score (nSPS) is 12.4. The van der Waals surface area contributed by atoms with Crippen LogP contribution >= 0.6 is 0 Å². The van der Waals surface area contributed by atoms with Gasteiger partial charge in [0, 0.05) is 0 Å². The molecule has 0 fully saturated rings. The largest absolute Gasteiger partial charge is 0.251 e. The molecule has 178 valence electrons. The van der Waals surface area contributed by atoms with Gasteiger partial charge >= 0.3 is 0 Å². The second-order valence-corrected chi connectivity index (χ2v) is 9.08. The van der Waals surface area contributed by atoms with Crippen molar-refractivity contribution in [3.63, 3.8) is 0 Å². The van der Waals surface area contributed by atoms with Crippen LogP contribution in [0, 0.1) is 13.8 Å². The highest BCUT2D eigenvalue weighted by molar-refractivity contribution is 6.02. The summed E-state index contributed by atoms with van der Waals surface area (Å²) in [6.07, 6.45) is 3.87. The van der Waals surface area contributed by atoms with Crippen molar-refractivity contribution in [2.75, 3.05) is 0 Å². The number of nitrogens with zero attached hydrogens (tertiary/aromatic N) is 3. The minimum Gasteiger partial charge on any atom is -0.251 e. The van der Waals surface area contributed by atoms with Crippen LogP contribution < -0.4 is 0 Å². The van der Waals surface area contributed by atoms with Crippen LogP contribution in [0.15, 0.2) is 52.4 Å². The van der Waals surface area contributed by atoms with Crippen LogP contribution in [0.3, 0.4) is 0 Å². The Labute approximate surface area is 206 Å². The van der Waals surface area contributed by atoms with E-state index in [1.807, 2.05) is 12.1 Å². The molecule has 0 radical (unpaired) electrons. The maximum atomic E-state index is 5.08. The van der Waals surface area contributed by atoms with Crippen molar-refractivity contribution >= 4 is 22.8 Å². The van der Waals surface area contributed by atoms with Crippen LogP contribution in [0.5, 0.6) is 0 Å². The van der Waals surface area contributed by atoms with Gasteiger partial charge in [-0.1, -0.05) is 69.2 Å². The topological polar surface area (TPSA) is 37.6 Å². The smallest absolute Gasteiger partial charge is 0.0849 e. The molecule has 3 rings (SSSR count). The first-order chi connectivity index (χ1) is 16.3. The molecule has 0 spiro atoms. The molecule has 0 unspecified atom stereocenters. The molecule has 0 aliphatic carbocycles. The van der Waals surface area contributed by atoms with Crippen LogP contribution in [0.25, 0.3) is 0 Å². The lowest BCUT2D eigenvalue weighted by Gasteiger charge is -2.13. The highest BCUT2D eigenvalue weighted by atomic mass is 14.8. The Hall–Kier alpha value is -3.07. The summed E-state index contributed by atoms with van der Waals surface area (Å²) in [5.74, 6) is 0. The Morgan fingerprint density at radius 1 is 0.618 bits per heavy atom. The Kier molecular flexibility index (Phi) is 8.55. The van der Waals surface area contributed by atoms with E-state index in [0.717, 1.165) is 59.9 Å². The van der Waals surface area contributed by atoms with Gasteiger partial charge in [0.2, 0.25) is 0 Å². The summed E-state index contributed by atoms with van der Waals surface area (Å²) in [4.78, 5) is 15.1. The molecular weight excluding hydrogens is 414 g/mol. The third-order valence-corrected chi connectivity index (χ3v) is 6.40. The molecule has 3 aromatic rings. The van der Waals surface area contributed by atoms with Gasteiger partial charge in [-0.15, -0.1) is 0 Å². The molecule has 0 N–H and O–H groups in total. The van der Waals surface area contributed by atoms with Crippen molar-refractivity contribution in [1.29, 1.82) is 0 Å². The van der Waals surface area contributed by atoms with Gasteiger partial charge < -0.3 is 0 Å². The molecule has 0 bridgehead atoms. The van der Waals surface area contributed by atoms with Gasteiger partial charge in [0.05, 0.1) is 34.2 Å². The Bertz CT molecular complexity index is 1090. The maximum absolute atomic E-state index is 5.08. The number of aliphatic imine (C=N–C) groups is 2. The average Bonchev–Trinajstić information content (AvgIpc) is 2.85. The van der Waals surface area contributed by atoms with E-state index in [2.05, 4.69) is 85.7 Å². The molecule has 2 aromatic carbocycles. The monoisotopic (exact) mass is 453 g/mol. The van der Waals surface area contributed by atoms with E-state index in [9.17, 15) is 0 Å². The third-order valence-electron chi connectivity index (χ3n) is 6.40. The number of hydrogen-bond donors (Lipinski definition) is 0. The van der Waals surface area contributed by atoms with Crippen LogP contribution in [-0.2, 0) is 25.7 Å². The standard InChI is InChI=1S/C31H39N3/c1-9-24-16-20(5)17-25(10-2)30(24)32-22(7)28-14-13-15-29(34-28)23(8)33-31-26(11-3)18-21(6)19-27(31)12-4/h13-19H,9-12H2,1-8H3. The predicted octanol–water partition coefficient (Wildman–Crippen LogP) is 8.23. The molecule has 0 aliphatic rings. The highest BCUT2D eigenvalue weighted by Crippen LogP contribution is 2.30. The summed E-state index contributed by atoms with van der Waals surface area (Å²) in [5, 5.41) is 0. The maximum Gasteiger partial charge on any atom is 0.0849 e. The van der Waals surface area contributed by atoms with Crippen molar-refractivity contribution in [3.05, 3.63) is 87.2 Å². The van der Waals surface area contributed by atoms with Gasteiger partial charge in [-0.05, 0) is 87.8 Å². The van der Waals surface area contributed by atoms with Crippen molar-refractivity contribution < 1.29 is 0 Å². The first kappa shape index (κ1) is 25.6. The quantitative estimate of drug-likeness (QED) is 0.316. The second kappa shape index (κ2) is 11.4. The molecule has 0 amide bonds. The average molecular weight is 454 g/mol. The minimum atomic E-state index is 0.895. The van der Waals surface area contributed by atoms with Crippen LogP contribution in [-0.4, -0.2) is 16.4 Å². The molecule has 0 saturated heterocycles. The van der Waals surface area contributed by atoms with Crippen LogP contribution in [0.1, 0.15) is 86.3 Å². The number of aryl methyl sites for hydroxylation is 6. The van der Waals surface area contributed by atoms with E-state index < -0.39 is 0 Å². The van der Waals surface area contributed by atoms with Gasteiger partial charge in [-0.25, -0.2) is 4.98 Å². The molecule has 3 nitrogen and oxygen atoms in total. The lowest BCUT2D eigenvalue weighted by molar-refractivity contribution is 1.07. The van der Waals surface area contributed by atoms with E-state index in [-0.39, 0.29) is 0 Å². The van der Waals surface area contributed by atoms with Gasteiger partial charge in [-0.2, -0.15) is 0 Å². The SMILES string of the molecule is CCc1cc(C)cc(CC)c1N=C(C)c1cccc(C(C)=Nc2c(CC)cc(C)cc2CC)n1. The summed E-state index contributed by atoms with van der Waals surface area (Å²) < 4.78 is 0. The summed E-state index contributed by atoms with van der Waals surface area (Å²) in [5.41, 5.74) is 13.6. The number of pyridine rings is 1. The van der Waals surface area contributed by atoms with E-state index >= 15 is 0 Å². The lowest BCUT2D eigenvalue weighted by atomic mass is 9.99. The highest BCUT2D eigenvalue weighted by Gasteiger charge is 2.12. The third kappa shape index (κ3) is 5.70. The zero-order valence-corrected chi connectivity index (χ0v) is 22.2. The van der Waals surface area contributed by atoms with Crippen molar-refractivity contribution in [3.8, 4) is 0 Å². The molecule has 1 heterocycles. The second-order valence-electron chi connectivity index (χ2n) is 9.08. The number of benzene rings is 2. The fraction of sp³-hybridized carbons (Fsp3) is 0.387. The van der Waals surface area contributed by atoms with Gasteiger partial charge in [-0.3, -0.25) is 9.98 Å². The fourth-order valence-corrected chi connectivity index (χ4v) is 4.52. The summed E-state index contributed by atoms with van der Waals surface area (Å²) in [6, 6.07) is 15.2. The first-order valence-electron chi connectivity index (χ1n) is 12.6. The molecule has 34 heavy (non-hydrogen) atoms. The van der Waals surface area contributed by atoms with Crippen molar-refractivity contribution in [1.82, 2.24) is 4.98 Å². The number of aromatic nitrogens is 1. The minimum absolute atomic E-state index is 0.895.